The number of carbonyl (C=O) groups excluding carboxylic acids is 1. The summed E-state index contributed by atoms with van der Waals surface area (Å²) in [6.07, 6.45) is 6.55. The average Bonchev–Trinajstić information content (AvgIpc) is 2.98. The minimum atomic E-state index is -0.126. The third-order valence-corrected chi connectivity index (χ3v) is 3.74. The molecule has 22 heavy (non-hydrogen) atoms. The molecule has 1 aromatic rings. The van der Waals surface area contributed by atoms with E-state index in [1.165, 1.54) is 5.56 Å². The van der Waals surface area contributed by atoms with Gasteiger partial charge in [0, 0.05) is 18.3 Å². The van der Waals surface area contributed by atoms with Crippen LogP contribution in [0.3, 0.4) is 0 Å². The second kappa shape index (κ2) is 6.64. The topological polar surface area (TPSA) is 82.4 Å². The molecule has 1 unspecified atom stereocenters. The SMILES string of the molecule is NCCCNCc1ccc(N2C=C3C=CNC3NC2=O)cc1. The van der Waals surface area contributed by atoms with Gasteiger partial charge in [-0.05, 0) is 49.5 Å². The molecule has 6 heteroatoms. The molecule has 0 bridgehead atoms. The number of rotatable bonds is 6. The van der Waals surface area contributed by atoms with Crippen LogP contribution in [0.25, 0.3) is 0 Å². The molecule has 2 heterocycles. The van der Waals surface area contributed by atoms with E-state index in [2.05, 4.69) is 16.0 Å². The van der Waals surface area contributed by atoms with Crippen molar-refractivity contribution < 1.29 is 4.79 Å². The van der Waals surface area contributed by atoms with Crippen LogP contribution in [-0.4, -0.2) is 25.3 Å². The fraction of sp³-hybridized carbons (Fsp3) is 0.312. The number of amides is 2. The lowest BCUT2D eigenvalue weighted by Crippen LogP contribution is -2.51. The summed E-state index contributed by atoms with van der Waals surface area (Å²) in [6.45, 7) is 2.43. The van der Waals surface area contributed by atoms with E-state index in [4.69, 9.17) is 5.73 Å². The molecule has 1 atom stereocenters. The van der Waals surface area contributed by atoms with Gasteiger partial charge in [-0.15, -0.1) is 0 Å². The molecule has 0 saturated heterocycles. The van der Waals surface area contributed by atoms with Crippen molar-refractivity contribution in [3.63, 3.8) is 0 Å². The molecule has 2 aliphatic rings. The third kappa shape index (κ3) is 3.13. The largest absolute Gasteiger partial charge is 0.368 e. The van der Waals surface area contributed by atoms with Gasteiger partial charge in [-0.3, -0.25) is 4.90 Å². The minimum Gasteiger partial charge on any atom is -0.368 e. The number of carbonyl (C=O) groups is 1. The van der Waals surface area contributed by atoms with Crippen LogP contribution in [0.2, 0.25) is 0 Å². The van der Waals surface area contributed by atoms with E-state index in [-0.39, 0.29) is 12.2 Å². The Morgan fingerprint density at radius 2 is 2.09 bits per heavy atom. The van der Waals surface area contributed by atoms with Gasteiger partial charge < -0.3 is 21.7 Å². The van der Waals surface area contributed by atoms with Gasteiger partial charge in [-0.25, -0.2) is 4.79 Å². The maximum absolute atomic E-state index is 12.1. The molecular weight excluding hydrogens is 278 g/mol. The number of nitrogens with two attached hydrogens (primary N) is 1. The van der Waals surface area contributed by atoms with E-state index < -0.39 is 0 Å². The summed E-state index contributed by atoms with van der Waals surface area (Å²) in [5.74, 6) is 0. The van der Waals surface area contributed by atoms with Gasteiger partial charge in [0.1, 0.15) is 6.17 Å². The van der Waals surface area contributed by atoms with Gasteiger partial charge in [-0.2, -0.15) is 0 Å². The smallest absolute Gasteiger partial charge is 0.327 e. The number of anilines is 1. The molecule has 2 aliphatic heterocycles. The highest BCUT2D eigenvalue weighted by Crippen LogP contribution is 2.22. The molecule has 0 radical (unpaired) electrons. The Kier molecular flexibility index (Phi) is 4.41. The van der Waals surface area contributed by atoms with Crippen molar-refractivity contribution in [2.75, 3.05) is 18.0 Å². The standard InChI is InChI=1S/C16H21N5O/c17-7-1-8-18-10-12-2-4-14(5-3-12)21-11-13-6-9-19-15(13)20-16(21)22/h2-6,9,11,15,18-19H,1,7-8,10,17H2,(H,20,22). The Morgan fingerprint density at radius 3 is 2.86 bits per heavy atom. The first-order chi connectivity index (χ1) is 10.8. The maximum Gasteiger partial charge on any atom is 0.327 e. The van der Waals surface area contributed by atoms with E-state index in [1.54, 1.807) is 4.90 Å². The number of hydrogen-bond donors (Lipinski definition) is 4. The Bertz CT molecular complexity index is 593. The fourth-order valence-corrected chi connectivity index (χ4v) is 2.50. The van der Waals surface area contributed by atoms with Crippen LogP contribution in [0.1, 0.15) is 12.0 Å². The first-order valence-corrected chi connectivity index (χ1v) is 7.52. The van der Waals surface area contributed by atoms with Crippen LogP contribution in [0.4, 0.5) is 10.5 Å². The van der Waals surface area contributed by atoms with Crippen molar-refractivity contribution in [2.24, 2.45) is 5.73 Å². The van der Waals surface area contributed by atoms with Gasteiger partial charge in [0.2, 0.25) is 0 Å². The van der Waals surface area contributed by atoms with Crippen LogP contribution in [0, 0.1) is 0 Å². The molecule has 1 aromatic carbocycles. The lowest BCUT2D eigenvalue weighted by molar-refractivity contribution is 0.244. The highest BCUT2D eigenvalue weighted by Gasteiger charge is 2.27. The van der Waals surface area contributed by atoms with E-state index in [0.29, 0.717) is 6.54 Å². The number of benzene rings is 1. The van der Waals surface area contributed by atoms with E-state index in [1.807, 2.05) is 42.7 Å². The summed E-state index contributed by atoms with van der Waals surface area (Å²) >= 11 is 0. The molecular formula is C16H21N5O. The predicted molar refractivity (Wildman–Crippen MR) is 87.0 cm³/mol. The molecule has 6 nitrogen and oxygen atoms in total. The van der Waals surface area contributed by atoms with Gasteiger partial charge in [-0.1, -0.05) is 12.1 Å². The third-order valence-electron chi connectivity index (χ3n) is 3.74. The second-order valence-corrected chi connectivity index (χ2v) is 5.37. The van der Waals surface area contributed by atoms with E-state index in [9.17, 15) is 4.79 Å². The summed E-state index contributed by atoms with van der Waals surface area (Å²) in [5, 5.41) is 9.33. The van der Waals surface area contributed by atoms with Crippen molar-refractivity contribution in [3.8, 4) is 0 Å². The van der Waals surface area contributed by atoms with Crippen LogP contribution in [-0.2, 0) is 6.54 Å². The van der Waals surface area contributed by atoms with Crippen molar-refractivity contribution in [2.45, 2.75) is 19.1 Å². The number of urea groups is 1. The Hall–Kier alpha value is -2.31. The zero-order valence-corrected chi connectivity index (χ0v) is 12.4. The molecule has 0 aliphatic carbocycles. The van der Waals surface area contributed by atoms with Crippen molar-refractivity contribution >= 4 is 11.7 Å². The lowest BCUT2D eigenvalue weighted by atomic mass is 10.1. The summed E-state index contributed by atoms with van der Waals surface area (Å²) in [6, 6.07) is 7.86. The van der Waals surface area contributed by atoms with Crippen LogP contribution < -0.4 is 26.6 Å². The normalized spacial score (nSPS) is 19.5. The van der Waals surface area contributed by atoms with Crippen LogP contribution in [0.5, 0.6) is 0 Å². The zero-order chi connectivity index (χ0) is 15.4. The highest BCUT2D eigenvalue weighted by atomic mass is 16.2. The lowest BCUT2D eigenvalue weighted by Gasteiger charge is -2.28. The van der Waals surface area contributed by atoms with E-state index >= 15 is 0 Å². The minimum absolute atomic E-state index is 0.102. The second-order valence-electron chi connectivity index (χ2n) is 5.37. The van der Waals surface area contributed by atoms with Crippen molar-refractivity contribution in [1.82, 2.24) is 16.0 Å². The molecule has 0 fully saturated rings. The average molecular weight is 299 g/mol. The molecule has 0 aromatic heterocycles. The molecule has 116 valence electrons. The Labute approximate surface area is 130 Å². The number of nitrogens with one attached hydrogen (secondary N) is 3. The fourth-order valence-electron chi connectivity index (χ4n) is 2.50. The summed E-state index contributed by atoms with van der Waals surface area (Å²) in [5.41, 5.74) is 8.55. The molecule has 3 rings (SSSR count). The van der Waals surface area contributed by atoms with Gasteiger partial charge in [0.25, 0.3) is 0 Å². The van der Waals surface area contributed by atoms with Crippen molar-refractivity contribution in [3.05, 3.63) is 53.9 Å². The number of nitrogens with zero attached hydrogens (tertiary/aromatic N) is 1. The highest BCUT2D eigenvalue weighted by molar-refractivity contribution is 5.95. The summed E-state index contributed by atoms with van der Waals surface area (Å²) in [7, 11) is 0. The maximum atomic E-state index is 12.1. The molecule has 0 spiro atoms. The van der Waals surface area contributed by atoms with Crippen LogP contribution in [0.15, 0.2) is 48.3 Å². The zero-order valence-electron chi connectivity index (χ0n) is 12.4. The number of fused-ring (bicyclic) bond motifs is 1. The monoisotopic (exact) mass is 299 g/mol. The summed E-state index contributed by atoms with van der Waals surface area (Å²) < 4.78 is 0. The Morgan fingerprint density at radius 1 is 1.27 bits per heavy atom. The summed E-state index contributed by atoms with van der Waals surface area (Å²) in [4.78, 5) is 13.8. The quantitative estimate of drug-likeness (QED) is 0.590. The molecule has 0 saturated carbocycles. The van der Waals surface area contributed by atoms with Crippen LogP contribution >= 0.6 is 0 Å². The number of hydrogen-bond acceptors (Lipinski definition) is 4. The van der Waals surface area contributed by atoms with E-state index in [0.717, 1.165) is 30.8 Å². The first kappa shape index (κ1) is 14.6. The van der Waals surface area contributed by atoms with Gasteiger partial charge >= 0.3 is 6.03 Å². The Balaban J connectivity index is 1.66. The van der Waals surface area contributed by atoms with Gasteiger partial charge in [0.05, 0.1) is 5.69 Å². The van der Waals surface area contributed by atoms with Crippen molar-refractivity contribution in [1.29, 1.82) is 0 Å². The molecule has 5 N–H and O–H groups in total. The van der Waals surface area contributed by atoms with Gasteiger partial charge in [0.15, 0.2) is 0 Å². The molecule has 2 amide bonds. The predicted octanol–water partition coefficient (Wildman–Crippen LogP) is 0.981. The first-order valence-electron chi connectivity index (χ1n) is 7.52.